The lowest BCUT2D eigenvalue weighted by Crippen LogP contribution is -2.11. The van der Waals surface area contributed by atoms with Crippen molar-refractivity contribution in [3.05, 3.63) is 62.2 Å². The number of nitriles is 1. The molecular weight excluding hydrogens is 401 g/mol. The molecular formula is C16H11ClINO2. The van der Waals surface area contributed by atoms with E-state index in [1.54, 1.807) is 49.6 Å². The second kappa shape index (κ2) is 6.92. The smallest absolute Gasteiger partial charge is 0.184 e. The van der Waals surface area contributed by atoms with Gasteiger partial charge in [-0.15, -0.1) is 0 Å². The number of carbonyl (C=O) groups is 1. The first-order valence-electron chi connectivity index (χ1n) is 6.09. The first kappa shape index (κ1) is 15.8. The van der Waals surface area contributed by atoms with Gasteiger partial charge in [-0.3, -0.25) is 4.79 Å². The summed E-state index contributed by atoms with van der Waals surface area (Å²) in [6.07, 6.45) is 0. The van der Waals surface area contributed by atoms with Crippen LogP contribution in [-0.2, 0) is 0 Å². The van der Waals surface area contributed by atoms with Gasteiger partial charge < -0.3 is 4.74 Å². The molecule has 0 bridgehead atoms. The molecule has 0 spiro atoms. The van der Waals surface area contributed by atoms with E-state index >= 15 is 0 Å². The summed E-state index contributed by atoms with van der Waals surface area (Å²) >= 11 is 8.12. The molecule has 0 radical (unpaired) electrons. The summed E-state index contributed by atoms with van der Waals surface area (Å²) < 4.78 is 5.99. The van der Waals surface area contributed by atoms with Crippen LogP contribution in [0.15, 0.2) is 42.5 Å². The second-order valence-corrected chi connectivity index (χ2v) is 5.90. The number of methoxy groups -OCH3 is 1. The summed E-state index contributed by atoms with van der Waals surface area (Å²) in [5.41, 5.74) is 1.03. The highest BCUT2D eigenvalue weighted by molar-refractivity contribution is 14.1. The molecule has 0 saturated carbocycles. The van der Waals surface area contributed by atoms with Gasteiger partial charge >= 0.3 is 0 Å². The molecule has 1 unspecified atom stereocenters. The van der Waals surface area contributed by atoms with Gasteiger partial charge in [0.25, 0.3) is 0 Å². The fourth-order valence-corrected chi connectivity index (χ4v) is 2.44. The lowest BCUT2D eigenvalue weighted by Gasteiger charge is -2.10. The van der Waals surface area contributed by atoms with E-state index in [4.69, 9.17) is 16.3 Å². The third-order valence-corrected chi connectivity index (χ3v) is 4.59. The maximum atomic E-state index is 12.5. The number of ketones is 1. The molecule has 2 aromatic carbocycles. The zero-order valence-electron chi connectivity index (χ0n) is 11.1. The predicted octanol–water partition coefficient (Wildman–Crippen LogP) is 4.44. The van der Waals surface area contributed by atoms with E-state index in [1.165, 1.54) is 0 Å². The molecule has 0 fully saturated rings. The zero-order valence-corrected chi connectivity index (χ0v) is 14.1. The van der Waals surface area contributed by atoms with Crippen LogP contribution in [0.4, 0.5) is 0 Å². The van der Waals surface area contributed by atoms with E-state index in [9.17, 15) is 10.1 Å². The Morgan fingerprint density at radius 3 is 2.71 bits per heavy atom. The number of hydrogen-bond acceptors (Lipinski definition) is 3. The third kappa shape index (κ3) is 3.55. The van der Waals surface area contributed by atoms with Crippen LogP contribution in [0.25, 0.3) is 0 Å². The largest absolute Gasteiger partial charge is 0.497 e. The maximum absolute atomic E-state index is 12.5. The molecule has 0 heterocycles. The minimum atomic E-state index is -0.878. The molecule has 0 aliphatic heterocycles. The van der Waals surface area contributed by atoms with E-state index in [1.807, 2.05) is 0 Å². The fourth-order valence-electron chi connectivity index (χ4n) is 1.92. The van der Waals surface area contributed by atoms with Crippen molar-refractivity contribution in [3.8, 4) is 11.8 Å². The van der Waals surface area contributed by atoms with Crippen LogP contribution in [0, 0.1) is 14.9 Å². The molecule has 0 N–H and O–H groups in total. The molecule has 2 aromatic rings. The number of rotatable bonds is 4. The minimum absolute atomic E-state index is 0.274. The van der Waals surface area contributed by atoms with Crippen LogP contribution in [0.5, 0.6) is 5.75 Å². The summed E-state index contributed by atoms with van der Waals surface area (Å²) in [7, 11) is 1.54. The van der Waals surface area contributed by atoms with Crippen molar-refractivity contribution in [1.82, 2.24) is 0 Å². The van der Waals surface area contributed by atoms with Gasteiger partial charge in [-0.1, -0.05) is 29.8 Å². The highest BCUT2D eigenvalue weighted by Gasteiger charge is 2.22. The average Bonchev–Trinajstić information content (AvgIpc) is 2.51. The molecule has 0 aromatic heterocycles. The molecule has 0 aliphatic carbocycles. The molecule has 0 amide bonds. The Labute approximate surface area is 141 Å². The molecule has 0 aliphatic rings. The van der Waals surface area contributed by atoms with E-state index < -0.39 is 5.92 Å². The number of carbonyl (C=O) groups excluding carboxylic acids is 1. The minimum Gasteiger partial charge on any atom is -0.497 e. The van der Waals surface area contributed by atoms with E-state index in [0.29, 0.717) is 21.9 Å². The van der Waals surface area contributed by atoms with Crippen molar-refractivity contribution in [2.24, 2.45) is 0 Å². The van der Waals surface area contributed by atoms with E-state index in [0.717, 1.165) is 3.57 Å². The number of ether oxygens (including phenoxy) is 1. The SMILES string of the molecule is COc1cccc(C(C#N)C(=O)c2ccc(I)c(Cl)c2)c1. The van der Waals surface area contributed by atoms with Gasteiger partial charge in [0.05, 0.1) is 18.2 Å². The van der Waals surface area contributed by atoms with E-state index in [-0.39, 0.29) is 5.78 Å². The monoisotopic (exact) mass is 411 g/mol. The lowest BCUT2D eigenvalue weighted by atomic mass is 9.92. The van der Waals surface area contributed by atoms with Gasteiger partial charge in [-0.05, 0) is 52.4 Å². The number of nitrogens with zero attached hydrogens (tertiary/aromatic N) is 1. The van der Waals surface area contributed by atoms with E-state index in [2.05, 4.69) is 28.7 Å². The normalized spacial score (nSPS) is 11.5. The van der Waals surface area contributed by atoms with Crippen molar-refractivity contribution in [1.29, 1.82) is 5.26 Å². The Kier molecular flexibility index (Phi) is 5.21. The Morgan fingerprint density at radius 1 is 1.33 bits per heavy atom. The molecule has 0 saturated heterocycles. The summed E-state index contributed by atoms with van der Waals surface area (Å²) in [5.74, 6) is -0.540. The summed E-state index contributed by atoms with van der Waals surface area (Å²) in [5, 5.41) is 9.86. The Bertz CT molecular complexity index is 724. The Balaban J connectivity index is 2.38. The Hall–Kier alpha value is -1.58. The van der Waals surface area contributed by atoms with Gasteiger partial charge in [0.2, 0.25) is 0 Å². The number of halogens is 2. The molecule has 5 heteroatoms. The first-order valence-corrected chi connectivity index (χ1v) is 7.55. The summed E-state index contributed by atoms with van der Waals surface area (Å²) in [6, 6.07) is 14.0. The highest BCUT2D eigenvalue weighted by atomic mass is 127. The molecule has 2 rings (SSSR count). The van der Waals surface area contributed by atoms with Crippen LogP contribution in [0.3, 0.4) is 0 Å². The van der Waals surface area contributed by atoms with Gasteiger partial charge in [0.1, 0.15) is 11.7 Å². The molecule has 21 heavy (non-hydrogen) atoms. The standard InChI is InChI=1S/C16H11ClINO2/c1-21-12-4-2-3-10(7-12)13(9-19)16(20)11-5-6-15(18)14(17)8-11/h2-8,13H,1H3. The Morgan fingerprint density at radius 2 is 2.10 bits per heavy atom. The zero-order chi connectivity index (χ0) is 15.4. The first-order chi connectivity index (χ1) is 10.1. The van der Waals surface area contributed by atoms with Crippen LogP contribution < -0.4 is 4.74 Å². The van der Waals surface area contributed by atoms with Crippen molar-refractivity contribution in [2.45, 2.75) is 5.92 Å². The molecule has 106 valence electrons. The van der Waals surface area contributed by atoms with Crippen LogP contribution >= 0.6 is 34.2 Å². The summed E-state index contributed by atoms with van der Waals surface area (Å²) in [4.78, 5) is 12.5. The number of Topliss-reactive ketones (excluding diaryl/α,β-unsaturated/α-hetero) is 1. The highest BCUT2D eigenvalue weighted by Crippen LogP contribution is 2.26. The summed E-state index contributed by atoms with van der Waals surface area (Å²) in [6.45, 7) is 0. The van der Waals surface area contributed by atoms with Crippen molar-refractivity contribution < 1.29 is 9.53 Å². The van der Waals surface area contributed by atoms with Gasteiger partial charge in [-0.2, -0.15) is 5.26 Å². The maximum Gasteiger partial charge on any atom is 0.184 e. The van der Waals surface area contributed by atoms with Crippen LogP contribution in [0.2, 0.25) is 5.02 Å². The molecule has 3 nitrogen and oxygen atoms in total. The van der Waals surface area contributed by atoms with Crippen molar-refractivity contribution >= 4 is 40.0 Å². The topological polar surface area (TPSA) is 50.1 Å². The van der Waals surface area contributed by atoms with Gasteiger partial charge in [0.15, 0.2) is 5.78 Å². The van der Waals surface area contributed by atoms with Gasteiger partial charge in [-0.25, -0.2) is 0 Å². The number of benzene rings is 2. The number of hydrogen-bond donors (Lipinski definition) is 0. The third-order valence-electron chi connectivity index (χ3n) is 3.02. The quantitative estimate of drug-likeness (QED) is 0.552. The van der Waals surface area contributed by atoms with Crippen molar-refractivity contribution in [3.63, 3.8) is 0 Å². The van der Waals surface area contributed by atoms with Crippen molar-refractivity contribution in [2.75, 3.05) is 7.11 Å². The average molecular weight is 412 g/mol. The van der Waals surface area contributed by atoms with Crippen LogP contribution in [-0.4, -0.2) is 12.9 Å². The van der Waals surface area contributed by atoms with Crippen LogP contribution in [0.1, 0.15) is 21.8 Å². The molecule has 1 atom stereocenters. The lowest BCUT2D eigenvalue weighted by molar-refractivity contribution is 0.0979. The predicted molar refractivity (Wildman–Crippen MR) is 89.8 cm³/mol. The second-order valence-electron chi connectivity index (χ2n) is 4.33. The van der Waals surface area contributed by atoms with Gasteiger partial charge in [0, 0.05) is 9.13 Å². The fraction of sp³-hybridized carbons (Fsp3) is 0.125.